The number of anilines is 1. The fourth-order valence-corrected chi connectivity index (χ4v) is 2.82. The van der Waals surface area contributed by atoms with E-state index in [1.54, 1.807) is 37.8 Å². The van der Waals surface area contributed by atoms with E-state index >= 15 is 0 Å². The molecule has 8 heteroatoms. The Morgan fingerprint density at radius 1 is 1.38 bits per heavy atom. The Hall–Kier alpha value is -2.61. The number of aromatic nitrogens is 4. The van der Waals surface area contributed by atoms with Crippen LogP contribution < -0.4 is 10.2 Å². The molecule has 1 fully saturated rings. The number of aryl methyl sites for hydroxylation is 1. The molecule has 1 amide bonds. The molecule has 126 valence electrons. The Kier molecular flexibility index (Phi) is 4.66. The predicted molar refractivity (Wildman–Crippen MR) is 87.5 cm³/mol. The van der Waals surface area contributed by atoms with E-state index in [0.717, 1.165) is 18.8 Å². The summed E-state index contributed by atoms with van der Waals surface area (Å²) in [7, 11) is 0. The van der Waals surface area contributed by atoms with Crippen LogP contribution in [0.25, 0.3) is 0 Å². The zero-order valence-corrected chi connectivity index (χ0v) is 13.5. The third-order valence-electron chi connectivity index (χ3n) is 4.02. The van der Waals surface area contributed by atoms with E-state index in [1.807, 2.05) is 4.90 Å². The first-order valence-electron chi connectivity index (χ1n) is 7.87. The van der Waals surface area contributed by atoms with Crippen molar-refractivity contribution in [3.05, 3.63) is 42.4 Å². The number of hydrogen-bond acceptors (Lipinski definition) is 7. The number of carbonyl (C=O) groups is 1. The topological polar surface area (TPSA) is 104 Å². The van der Waals surface area contributed by atoms with Gasteiger partial charge in [-0.15, -0.1) is 0 Å². The van der Waals surface area contributed by atoms with Crippen LogP contribution in [0.1, 0.15) is 29.2 Å². The molecule has 1 aliphatic rings. The fourth-order valence-electron chi connectivity index (χ4n) is 2.82. The van der Waals surface area contributed by atoms with Crippen molar-refractivity contribution in [2.45, 2.75) is 25.4 Å². The molecule has 2 N–H and O–H groups in total. The Labute approximate surface area is 140 Å². The molecule has 1 saturated heterocycles. The van der Waals surface area contributed by atoms with Crippen molar-refractivity contribution >= 4 is 11.7 Å². The summed E-state index contributed by atoms with van der Waals surface area (Å²) in [5.41, 5.74) is -0.708. The molecular formula is C16H20N6O2. The Balaban J connectivity index is 1.62. The summed E-state index contributed by atoms with van der Waals surface area (Å²) in [6, 6.07) is 1.55. The third-order valence-corrected chi connectivity index (χ3v) is 4.02. The van der Waals surface area contributed by atoms with Crippen LogP contribution in [0.4, 0.5) is 5.82 Å². The summed E-state index contributed by atoms with van der Waals surface area (Å²) in [6.45, 7) is 3.09. The molecule has 0 radical (unpaired) electrons. The number of nitrogens with one attached hydrogen (secondary N) is 1. The van der Waals surface area contributed by atoms with E-state index in [9.17, 15) is 9.90 Å². The first-order valence-corrected chi connectivity index (χ1v) is 7.87. The minimum atomic E-state index is -1.01. The average Bonchev–Trinajstić information content (AvgIpc) is 2.60. The molecule has 0 aromatic carbocycles. The van der Waals surface area contributed by atoms with Crippen LogP contribution in [0.15, 0.2) is 30.9 Å². The van der Waals surface area contributed by atoms with Gasteiger partial charge in [-0.1, -0.05) is 0 Å². The second kappa shape index (κ2) is 6.88. The summed E-state index contributed by atoms with van der Waals surface area (Å²) < 4.78 is 0. The molecule has 1 aliphatic heterocycles. The first-order chi connectivity index (χ1) is 11.6. The third kappa shape index (κ3) is 3.83. The number of rotatable bonds is 4. The second-order valence-corrected chi connectivity index (χ2v) is 5.98. The lowest BCUT2D eigenvalue weighted by atomic mass is 9.92. The summed E-state index contributed by atoms with van der Waals surface area (Å²) in [5.74, 6) is 0.951. The van der Waals surface area contributed by atoms with Crippen molar-refractivity contribution < 1.29 is 9.90 Å². The summed E-state index contributed by atoms with van der Waals surface area (Å²) in [6.07, 6.45) is 7.89. The van der Waals surface area contributed by atoms with Gasteiger partial charge in [-0.05, 0) is 25.8 Å². The lowest BCUT2D eigenvalue weighted by molar-refractivity contribution is 0.0253. The smallest absolute Gasteiger partial charge is 0.270 e. The van der Waals surface area contributed by atoms with Crippen molar-refractivity contribution in [1.82, 2.24) is 25.3 Å². The summed E-state index contributed by atoms with van der Waals surface area (Å²) in [5, 5.41) is 13.6. The van der Waals surface area contributed by atoms with Gasteiger partial charge in [0, 0.05) is 38.2 Å². The number of amides is 1. The molecule has 0 spiro atoms. The van der Waals surface area contributed by atoms with Crippen LogP contribution >= 0.6 is 0 Å². The molecule has 0 aliphatic carbocycles. The fraction of sp³-hybridized carbons (Fsp3) is 0.438. The van der Waals surface area contributed by atoms with Crippen molar-refractivity contribution in [3.8, 4) is 0 Å². The Morgan fingerprint density at radius 3 is 3.00 bits per heavy atom. The van der Waals surface area contributed by atoms with E-state index in [4.69, 9.17) is 0 Å². The summed E-state index contributed by atoms with van der Waals surface area (Å²) >= 11 is 0. The van der Waals surface area contributed by atoms with Crippen molar-refractivity contribution in [2.24, 2.45) is 0 Å². The molecule has 2 aromatic heterocycles. The van der Waals surface area contributed by atoms with Crippen LogP contribution in [-0.4, -0.2) is 56.2 Å². The van der Waals surface area contributed by atoms with E-state index in [2.05, 4.69) is 25.3 Å². The molecule has 1 atom stereocenters. The first kappa shape index (κ1) is 16.3. The number of piperidine rings is 1. The van der Waals surface area contributed by atoms with Gasteiger partial charge in [0.1, 0.15) is 17.3 Å². The molecular weight excluding hydrogens is 308 g/mol. The minimum Gasteiger partial charge on any atom is -0.386 e. The highest BCUT2D eigenvalue weighted by Gasteiger charge is 2.34. The minimum absolute atomic E-state index is 0.158. The largest absolute Gasteiger partial charge is 0.386 e. The normalized spacial score (nSPS) is 20.7. The maximum Gasteiger partial charge on any atom is 0.270 e. The zero-order chi connectivity index (χ0) is 17.0. The Bertz CT molecular complexity index is 711. The molecule has 3 heterocycles. The van der Waals surface area contributed by atoms with Gasteiger partial charge in [0.2, 0.25) is 0 Å². The average molecular weight is 328 g/mol. The van der Waals surface area contributed by atoms with Crippen molar-refractivity contribution in [1.29, 1.82) is 0 Å². The van der Waals surface area contributed by atoms with Gasteiger partial charge in [-0.25, -0.2) is 15.0 Å². The van der Waals surface area contributed by atoms with Crippen LogP contribution in [0.2, 0.25) is 0 Å². The van der Waals surface area contributed by atoms with E-state index in [-0.39, 0.29) is 12.5 Å². The molecule has 0 saturated carbocycles. The van der Waals surface area contributed by atoms with Gasteiger partial charge in [-0.2, -0.15) is 0 Å². The number of aliphatic hydroxyl groups is 1. The van der Waals surface area contributed by atoms with Crippen LogP contribution in [0.5, 0.6) is 0 Å². The van der Waals surface area contributed by atoms with E-state index in [0.29, 0.717) is 24.5 Å². The lowest BCUT2D eigenvalue weighted by Gasteiger charge is -2.39. The quantitative estimate of drug-likeness (QED) is 0.834. The molecule has 0 bridgehead atoms. The predicted octanol–water partition coefficient (Wildman–Crippen LogP) is 0.336. The van der Waals surface area contributed by atoms with Crippen LogP contribution in [-0.2, 0) is 0 Å². The standard InChI is InChI=1S/C16H20N6O2/c1-12-18-5-3-13(21-12)15(23)20-10-16(24)4-2-8-22(11-16)14-9-17-6-7-19-14/h3,5-7,9,24H,2,4,8,10-11H2,1H3,(H,20,23). The number of β-amino-alcohol motifs (C(OH)–C–C–N with tert-alkyl or cyclic N) is 1. The van der Waals surface area contributed by atoms with Crippen LogP contribution in [0, 0.1) is 6.92 Å². The maximum atomic E-state index is 12.2. The van der Waals surface area contributed by atoms with Crippen LogP contribution in [0.3, 0.4) is 0 Å². The van der Waals surface area contributed by atoms with Crippen molar-refractivity contribution in [2.75, 3.05) is 24.5 Å². The van der Waals surface area contributed by atoms with Gasteiger partial charge < -0.3 is 15.3 Å². The van der Waals surface area contributed by atoms with Gasteiger partial charge in [0.15, 0.2) is 0 Å². The van der Waals surface area contributed by atoms with Gasteiger partial charge in [0.25, 0.3) is 5.91 Å². The highest BCUT2D eigenvalue weighted by molar-refractivity contribution is 5.92. The van der Waals surface area contributed by atoms with Gasteiger partial charge in [0.05, 0.1) is 11.8 Å². The molecule has 24 heavy (non-hydrogen) atoms. The van der Waals surface area contributed by atoms with Gasteiger partial charge >= 0.3 is 0 Å². The number of nitrogens with zero attached hydrogens (tertiary/aromatic N) is 5. The molecule has 1 unspecified atom stereocenters. The highest BCUT2D eigenvalue weighted by atomic mass is 16.3. The molecule has 8 nitrogen and oxygen atoms in total. The SMILES string of the molecule is Cc1nccc(C(=O)NCC2(O)CCCN(c3cnccn3)C2)n1. The maximum absolute atomic E-state index is 12.2. The van der Waals surface area contributed by atoms with E-state index < -0.39 is 5.60 Å². The summed E-state index contributed by atoms with van der Waals surface area (Å²) in [4.78, 5) is 30.6. The zero-order valence-electron chi connectivity index (χ0n) is 13.5. The molecule has 2 aromatic rings. The Morgan fingerprint density at radius 2 is 2.25 bits per heavy atom. The molecule has 3 rings (SSSR count). The number of hydrogen-bond donors (Lipinski definition) is 2. The van der Waals surface area contributed by atoms with E-state index in [1.165, 1.54) is 0 Å². The monoisotopic (exact) mass is 328 g/mol. The van der Waals surface area contributed by atoms with Crippen molar-refractivity contribution in [3.63, 3.8) is 0 Å². The second-order valence-electron chi connectivity index (χ2n) is 5.98. The number of carbonyl (C=O) groups excluding carboxylic acids is 1. The lowest BCUT2D eigenvalue weighted by Crippen LogP contribution is -2.54. The van der Waals surface area contributed by atoms with Gasteiger partial charge in [-0.3, -0.25) is 9.78 Å². The highest BCUT2D eigenvalue weighted by Crippen LogP contribution is 2.23.